The first-order valence-electron chi connectivity index (χ1n) is 7.04. The lowest BCUT2D eigenvalue weighted by atomic mass is 10.1. The number of carbonyl (C=O) groups is 2. The summed E-state index contributed by atoms with van der Waals surface area (Å²) in [6, 6.07) is 16.2. The molecule has 5 heteroatoms. The average Bonchev–Trinajstić information content (AvgIpc) is 2.47. The highest BCUT2D eigenvalue weighted by molar-refractivity contribution is 5.90. The molecule has 22 heavy (non-hydrogen) atoms. The Morgan fingerprint density at radius 3 is 2.27 bits per heavy atom. The van der Waals surface area contributed by atoms with E-state index in [0.717, 1.165) is 11.3 Å². The van der Waals surface area contributed by atoms with E-state index in [0.29, 0.717) is 5.69 Å². The zero-order valence-electron chi connectivity index (χ0n) is 12.6. The zero-order chi connectivity index (χ0) is 15.9. The summed E-state index contributed by atoms with van der Waals surface area (Å²) < 4.78 is 0. The third-order valence-electron chi connectivity index (χ3n) is 3.09. The molecule has 1 atom stereocenters. The first-order chi connectivity index (χ1) is 10.5. The number of hydrogen-bond donors (Lipinski definition) is 3. The Morgan fingerprint density at radius 1 is 0.909 bits per heavy atom. The monoisotopic (exact) mass is 297 g/mol. The molecule has 3 N–H and O–H groups in total. The van der Waals surface area contributed by atoms with Crippen LogP contribution in [-0.4, -0.2) is 11.9 Å². The van der Waals surface area contributed by atoms with Crippen molar-refractivity contribution in [2.24, 2.45) is 0 Å². The molecule has 0 heterocycles. The molecule has 0 aliphatic rings. The summed E-state index contributed by atoms with van der Waals surface area (Å²) in [6.45, 7) is 3.35. The van der Waals surface area contributed by atoms with E-state index in [-0.39, 0.29) is 18.0 Å². The lowest BCUT2D eigenvalue weighted by Crippen LogP contribution is -2.31. The predicted molar refractivity (Wildman–Crippen MR) is 87.8 cm³/mol. The van der Waals surface area contributed by atoms with Crippen LogP contribution in [0.1, 0.15) is 25.5 Å². The molecule has 2 aromatic rings. The Labute approximate surface area is 129 Å². The Morgan fingerprint density at radius 2 is 1.59 bits per heavy atom. The number of urea groups is 1. The van der Waals surface area contributed by atoms with Gasteiger partial charge in [-0.1, -0.05) is 30.3 Å². The van der Waals surface area contributed by atoms with Gasteiger partial charge in [0.25, 0.3) is 0 Å². The van der Waals surface area contributed by atoms with Crippen LogP contribution in [0.5, 0.6) is 0 Å². The number of rotatable bonds is 4. The first-order valence-corrected chi connectivity index (χ1v) is 7.04. The van der Waals surface area contributed by atoms with Crippen molar-refractivity contribution in [1.82, 2.24) is 5.32 Å². The largest absolute Gasteiger partial charge is 0.331 e. The Balaban J connectivity index is 1.98. The molecule has 2 aromatic carbocycles. The smallest absolute Gasteiger partial charge is 0.319 e. The molecule has 3 amide bonds. The van der Waals surface area contributed by atoms with Crippen LogP contribution in [0.15, 0.2) is 54.6 Å². The summed E-state index contributed by atoms with van der Waals surface area (Å²) in [4.78, 5) is 23.1. The van der Waals surface area contributed by atoms with Crippen LogP contribution >= 0.6 is 0 Å². The predicted octanol–water partition coefficient (Wildman–Crippen LogP) is 3.53. The highest BCUT2D eigenvalue weighted by Crippen LogP contribution is 2.17. The highest BCUT2D eigenvalue weighted by Gasteiger charge is 2.10. The number of para-hydroxylation sites is 1. The van der Waals surface area contributed by atoms with Crippen molar-refractivity contribution in [2.45, 2.75) is 19.9 Å². The number of amides is 3. The normalized spacial score (nSPS) is 11.4. The average molecular weight is 297 g/mol. The van der Waals surface area contributed by atoms with E-state index in [1.54, 1.807) is 0 Å². The van der Waals surface area contributed by atoms with E-state index in [1.807, 2.05) is 61.5 Å². The van der Waals surface area contributed by atoms with E-state index < -0.39 is 0 Å². The molecule has 2 rings (SSSR count). The number of benzene rings is 2. The van der Waals surface area contributed by atoms with Crippen molar-refractivity contribution in [2.75, 3.05) is 10.6 Å². The highest BCUT2D eigenvalue weighted by atomic mass is 16.2. The minimum absolute atomic E-state index is 0.125. The third-order valence-corrected chi connectivity index (χ3v) is 3.09. The molecule has 114 valence electrons. The van der Waals surface area contributed by atoms with Gasteiger partial charge in [0.15, 0.2) is 0 Å². The van der Waals surface area contributed by atoms with Gasteiger partial charge in [0.05, 0.1) is 6.04 Å². The van der Waals surface area contributed by atoms with E-state index in [1.165, 1.54) is 6.92 Å². The fourth-order valence-corrected chi connectivity index (χ4v) is 2.06. The number of nitrogens with one attached hydrogen (secondary N) is 3. The molecule has 0 spiro atoms. The lowest BCUT2D eigenvalue weighted by Gasteiger charge is -2.16. The number of hydrogen-bond acceptors (Lipinski definition) is 2. The van der Waals surface area contributed by atoms with Gasteiger partial charge in [-0.25, -0.2) is 4.79 Å². The van der Waals surface area contributed by atoms with E-state index in [4.69, 9.17) is 0 Å². The number of anilines is 2. The summed E-state index contributed by atoms with van der Waals surface area (Å²) in [5, 5.41) is 8.36. The van der Waals surface area contributed by atoms with Gasteiger partial charge in [-0.3, -0.25) is 4.79 Å². The molecular weight excluding hydrogens is 278 g/mol. The second-order valence-corrected chi connectivity index (χ2v) is 4.99. The molecule has 0 radical (unpaired) electrons. The van der Waals surface area contributed by atoms with Crippen molar-refractivity contribution >= 4 is 23.3 Å². The third kappa shape index (κ3) is 4.63. The summed E-state index contributed by atoms with van der Waals surface area (Å²) >= 11 is 0. The van der Waals surface area contributed by atoms with Gasteiger partial charge in [0.1, 0.15) is 0 Å². The van der Waals surface area contributed by atoms with Crippen LogP contribution in [0, 0.1) is 0 Å². The molecule has 0 aromatic heterocycles. The zero-order valence-corrected chi connectivity index (χ0v) is 12.6. The van der Waals surface area contributed by atoms with Crippen molar-refractivity contribution in [1.29, 1.82) is 0 Å². The van der Waals surface area contributed by atoms with Gasteiger partial charge >= 0.3 is 6.03 Å². The molecule has 0 saturated carbocycles. The fraction of sp³-hybridized carbons (Fsp3) is 0.176. The van der Waals surface area contributed by atoms with Gasteiger partial charge in [-0.2, -0.15) is 0 Å². The van der Waals surface area contributed by atoms with Crippen molar-refractivity contribution < 1.29 is 9.59 Å². The van der Waals surface area contributed by atoms with Crippen LogP contribution in [0.25, 0.3) is 0 Å². The van der Waals surface area contributed by atoms with Crippen LogP contribution < -0.4 is 16.0 Å². The lowest BCUT2D eigenvalue weighted by molar-refractivity contribution is -0.114. The quantitative estimate of drug-likeness (QED) is 0.808. The van der Waals surface area contributed by atoms with E-state index >= 15 is 0 Å². The Bertz CT molecular complexity index is 656. The molecule has 0 saturated heterocycles. The van der Waals surface area contributed by atoms with E-state index in [9.17, 15) is 9.59 Å². The molecule has 0 aliphatic carbocycles. The first kappa shape index (κ1) is 15.6. The maximum atomic E-state index is 12.0. The molecular formula is C17H19N3O2. The van der Waals surface area contributed by atoms with Crippen LogP contribution in [0.2, 0.25) is 0 Å². The van der Waals surface area contributed by atoms with Crippen LogP contribution in [-0.2, 0) is 4.79 Å². The molecule has 0 unspecified atom stereocenters. The van der Waals surface area contributed by atoms with Gasteiger partial charge in [-0.05, 0) is 36.8 Å². The second kappa shape index (κ2) is 7.26. The molecule has 0 bridgehead atoms. The Kier molecular flexibility index (Phi) is 5.14. The van der Waals surface area contributed by atoms with Crippen LogP contribution in [0.4, 0.5) is 16.2 Å². The van der Waals surface area contributed by atoms with Crippen molar-refractivity contribution in [3.63, 3.8) is 0 Å². The molecule has 0 aliphatic heterocycles. The van der Waals surface area contributed by atoms with Gasteiger partial charge in [0, 0.05) is 18.3 Å². The number of carbonyl (C=O) groups excluding carboxylic acids is 2. The van der Waals surface area contributed by atoms with Gasteiger partial charge in [0.2, 0.25) is 5.91 Å². The maximum Gasteiger partial charge on any atom is 0.319 e. The second-order valence-electron chi connectivity index (χ2n) is 4.99. The fourth-order valence-electron chi connectivity index (χ4n) is 2.06. The molecule has 0 fully saturated rings. The van der Waals surface area contributed by atoms with Crippen molar-refractivity contribution in [3.8, 4) is 0 Å². The van der Waals surface area contributed by atoms with E-state index in [2.05, 4.69) is 16.0 Å². The summed E-state index contributed by atoms with van der Waals surface area (Å²) in [5.41, 5.74) is 2.36. The van der Waals surface area contributed by atoms with Crippen molar-refractivity contribution in [3.05, 3.63) is 60.2 Å². The molecule has 5 nitrogen and oxygen atoms in total. The maximum absolute atomic E-state index is 12.0. The standard InChI is InChI=1S/C17H19N3O2/c1-12(14-7-6-10-16(11-14)19-13(2)21)18-17(22)20-15-8-4-3-5-9-15/h3-12H,1-2H3,(H,19,21)(H2,18,20,22)/t12-/m1/s1. The minimum Gasteiger partial charge on any atom is -0.331 e. The summed E-state index contributed by atoms with van der Waals surface area (Å²) in [6.07, 6.45) is 0. The summed E-state index contributed by atoms with van der Waals surface area (Å²) in [5.74, 6) is -0.125. The topological polar surface area (TPSA) is 70.2 Å². The van der Waals surface area contributed by atoms with Crippen LogP contribution in [0.3, 0.4) is 0 Å². The SMILES string of the molecule is CC(=O)Nc1cccc([C@@H](C)NC(=O)Nc2ccccc2)c1. The Hall–Kier alpha value is -2.82. The van der Waals surface area contributed by atoms with Gasteiger partial charge < -0.3 is 16.0 Å². The van der Waals surface area contributed by atoms with Gasteiger partial charge in [-0.15, -0.1) is 0 Å². The summed E-state index contributed by atoms with van der Waals surface area (Å²) in [7, 11) is 0. The minimum atomic E-state index is -0.274.